The fourth-order valence-electron chi connectivity index (χ4n) is 3.34. The van der Waals surface area contributed by atoms with Crippen molar-refractivity contribution in [3.8, 4) is 0 Å². The summed E-state index contributed by atoms with van der Waals surface area (Å²) < 4.78 is 10.9. The number of aliphatic hydroxyl groups excluding tert-OH is 2. The molecule has 7 nitrogen and oxygen atoms in total. The van der Waals surface area contributed by atoms with Gasteiger partial charge in [-0.25, -0.2) is 9.59 Å². The number of ether oxygens (including phenoxy) is 2. The van der Waals surface area contributed by atoms with Gasteiger partial charge >= 0.3 is 11.9 Å². The van der Waals surface area contributed by atoms with Gasteiger partial charge in [0.15, 0.2) is 0 Å². The third-order valence-electron chi connectivity index (χ3n) is 5.41. The number of esters is 2. The largest absolute Gasteiger partial charge is 0.458 e. The first-order chi connectivity index (χ1) is 12.5. The van der Waals surface area contributed by atoms with E-state index in [-0.39, 0.29) is 18.4 Å². The van der Waals surface area contributed by atoms with Gasteiger partial charge < -0.3 is 24.8 Å². The topological polar surface area (TPSA) is 113 Å². The Morgan fingerprint density at radius 3 is 2.67 bits per heavy atom. The molecular formula is C20H28O7. The predicted molar refractivity (Wildman–Crippen MR) is 97.4 cm³/mol. The molecule has 3 N–H and O–H groups in total. The van der Waals surface area contributed by atoms with Crippen molar-refractivity contribution in [2.45, 2.75) is 70.6 Å². The monoisotopic (exact) mass is 380 g/mol. The highest BCUT2D eigenvalue weighted by Gasteiger charge is 2.48. The van der Waals surface area contributed by atoms with E-state index in [1.54, 1.807) is 32.9 Å². The summed E-state index contributed by atoms with van der Waals surface area (Å²) in [6.45, 7) is 10.1. The lowest BCUT2D eigenvalue weighted by Crippen LogP contribution is -2.48. The van der Waals surface area contributed by atoms with Crippen molar-refractivity contribution in [1.82, 2.24) is 0 Å². The molecule has 1 aliphatic heterocycles. The molecule has 2 aliphatic rings. The van der Waals surface area contributed by atoms with E-state index < -0.39 is 47.9 Å². The van der Waals surface area contributed by atoms with Crippen LogP contribution in [0.3, 0.4) is 0 Å². The lowest BCUT2D eigenvalue weighted by atomic mass is 9.79. The molecule has 6 atom stereocenters. The van der Waals surface area contributed by atoms with Crippen molar-refractivity contribution in [1.29, 1.82) is 0 Å². The Kier molecular flexibility index (Phi) is 6.29. The Morgan fingerprint density at radius 1 is 1.44 bits per heavy atom. The fraction of sp³-hybridized carbons (Fsp3) is 0.600. The minimum atomic E-state index is -1.66. The van der Waals surface area contributed by atoms with E-state index in [9.17, 15) is 24.9 Å². The van der Waals surface area contributed by atoms with E-state index in [0.29, 0.717) is 11.1 Å². The number of allylic oxidation sites excluding steroid dienone is 1. The number of carbonyl (C=O) groups is 2. The Labute approximate surface area is 159 Å². The first-order valence-corrected chi connectivity index (χ1v) is 8.98. The Balaban J connectivity index is 2.50. The maximum Gasteiger partial charge on any atom is 0.334 e. The third-order valence-corrected chi connectivity index (χ3v) is 5.41. The highest BCUT2D eigenvalue weighted by molar-refractivity contribution is 5.92. The first-order valence-electron chi connectivity index (χ1n) is 8.98. The summed E-state index contributed by atoms with van der Waals surface area (Å²) in [5.74, 6) is -1.94. The molecule has 0 aromatic carbocycles. The SMILES string of the molecule is C=C1C(=O)OC2/C=C(\C)C(O)CC(O)C(C)(O)CC(OC(=O)/C(C)=C/C)C12. The minimum absolute atomic E-state index is 0.101. The van der Waals surface area contributed by atoms with Crippen molar-refractivity contribution in [3.63, 3.8) is 0 Å². The molecule has 0 aromatic rings. The summed E-state index contributed by atoms with van der Waals surface area (Å²) in [4.78, 5) is 24.4. The molecule has 0 amide bonds. The molecule has 1 fully saturated rings. The lowest BCUT2D eigenvalue weighted by molar-refractivity contribution is -0.156. The number of hydrogen-bond donors (Lipinski definition) is 3. The highest BCUT2D eigenvalue weighted by atomic mass is 16.6. The molecule has 2 rings (SSSR count). The van der Waals surface area contributed by atoms with Crippen LogP contribution in [0.2, 0.25) is 0 Å². The molecule has 0 aromatic heterocycles. The normalized spacial score (nSPS) is 39.9. The number of rotatable bonds is 2. The molecule has 7 heteroatoms. The maximum atomic E-state index is 12.3. The van der Waals surface area contributed by atoms with E-state index in [0.717, 1.165) is 0 Å². The summed E-state index contributed by atoms with van der Waals surface area (Å²) in [6, 6.07) is 0. The van der Waals surface area contributed by atoms with E-state index in [1.807, 2.05) is 0 Å². The smallest absolute Gasteiger partial charge is 0.334 e. The Morgan fingerprint density at radius 2 is 2.07 bits per heavy atom. The molecule has 1 saturated heterocycles. The number of carbonyl (C=O) groups excluding carboxylic acids is 2. The molecule has 0 bridgehead atoms. The minimum Gasteiger partial charge on any atom is -0.458 e. The van der Waals surface area contributed by atoms with Crippen molar-refractivity contribution in [2.24, 2.45) is 5.92 Å². The first kappa shape index (κ1) is 21.3. The van der Waals surface area contributed by atoms with Crippen LogP contribution in [0.25, 0.3) is 0 Å². The van der Waals surface area contributed by atoms with Crippen LogP contribution in [0.4, 0.5) is 0 Å². The summed E-state index contributed by atoms with van der Waals surface area (Å²) in [5.41, 5.74) is -0.676. The van der Waals surface area contributed by atoms with Crippen LogP contribution in [0.1, 0.15) is 40.5 Å². The van der Waals surface area contributed by atoms with Gasteiger partial charge in [0.05, 0.1) is 23.7 Å². The summed E-state index contributed by atoms with van der Waals surface area (Å²) in [7, 11) is 0. The molecule has 27 heavy (non-hydrogen) atoms. The van der Waals surface area contributed by atoms with Crippen molar-refractivity contribution >= 4 is 11.9 Å². The average molecular weight is 380 g/mol. The lowest BCUT2D eigenvalue weighted by Gasteiger charge is -2.37. The number of aliphatic hydroxyl groups is 3. The second-order valence-electron chi connectivity index (χ2n) is 7.58. The van der Waals surface area contributed by atoms with Gasteiger partial charge in [0.1, 0.15) is 12.2 Å². The Hall–Kier alpha value is -1.96. The maximum absolute atomic E-state index is 12.3. The van der Waals surface area contributed by atoms with Gasteiger partial charge in [0, 0.05) is 24.0 Å². The molecule has 0 spiro atoms. The summed E-state index contributed by atoms with van der Waals surface area (Å²) in [6.07, 6.45) is -1.06. The van der Waals surface area contributed by atoms with Gasteiger partial charge in [-0.1, -0.05) is 12.7 Å². The van der Waals surface area contributed by atoms with Gasteiger partial charge in [-0.15, -0.1) is 0 Å². The van der Waals surface area contributed by atoms with E-state index >= 15 is 0 Å². The van der Waals surface area contributed by atoms with Gasteiger partial charge in [-0.3, -0.25) is 0 Å². The van der Waals surface area contributed by atoms with Gasteiger partial charge in [-0.2, -0.15) is 0 Å². The van der Waals surface area contributed by atoms with Crippen molar-refractivity contribution < 1.29 is 34.4 Å². The number of hydrogen-bond acceptors (Lipinski definition) is 7. The Bertz CT molecular complexity index is 688. The van der Waals surface area contributed by atoms with Crippen LogP contribution >= 0.6 is 0 Å². The average Bonchev–Trinajstić information content (AvgIpc) is 2.86. The van der Waals surface area contributed by atoms with Gasteiger partial charge in [0.2, 0.25) is 0 Å². The number of fused-ring (bicyclic) bond motifs is 1. The molecule has 0 radical (unpaired) electrons. The molecule has 1 heterocycles. The molecule has 1 aliphatic carbocycles. The third kappa shape index (κ3) is 4.48. The second-order valence-corrected chi connectivity index (χ2v) is 7.58. The standard InChI is InChI=1S/C20H28O7/c1-6-10(2)18(23)27-15-9-20(5,25)16(22)8-13(21)11(3)7-14-17(15)12(4)19(24)26-14/h6-7,13-17,21-22,25H,4,8-9H2,1-3,5H3/b10-6+,11-7+. The molecule has 6 unspecified atom stereocenters. The van der Waals surface area contributed by atoms with E-state index in [1.165, 1.54) is 6.92 Å². The predicted octanol–water partition coefficient (Wildman–Crippen LogP) is 1.18. The van der Waals surface area contributed by atoms with Crippen LogP contribution in [0.15, 0.2) is 35.5 Å². The van der Waals surface area contributed by atoms with E-state index in [4.69, 9.17) is 9.47 Å². The zero-order valence-electron chi connectivity index (χ0n) is 16.1. The summed E-state index contributed by atoms with van der Waals surface area (Å²) in [5, 5.41) is 31.5. The highest BCUT2D eigenvalue weighted by Crippen LogP contribution is 2.38. The van der Waals surface area contributed by atoms with Gasteiger partial charge in [-0.05, 0) is 39.3 Å². The van der Waals surface area contributed by atoms with Gasteiger partial charge in [0.25, 0.3) is 0 Å². The van der Waals surface area contributed by atoms with Crippen LogP contribution in [0, 0.1) is 5.92 Å². The van der Waals surface area contributed by atoms with Crippen LogP contribution in [0.5, 0.6) is 0 Å². The second kappa shape index (κ2) is 7.96. The van der Waals surface area contributed by atoms with Crippen LogP contribution < -0.4 is 0 Å². The van der Waals surface area contributed by atoms with Crippen molar-refractivity contribution in [2.75, 3.05) is 0 Å². The quantitative estimate of drug-likeness (QED) is 0.374. The van der Waals surface area contributed by atoms with E-state index in [2.05, 4.69) is 6.58 Å². The van der Waals surface area contributed by atoms with Crippen LogP contribution in [-0.4, -0.2) is 57.3 Å². The fourth-order valence-corrected chi connectivity index (χ4v) is 3.34. The van der Waals surface area contributed by atoms with Crippen LogP contribution in [-0.2, 0) is 19.1 Å². The summed E-state index contributed by atoms with van der Waals surface area (Å²) >= 11 is 0. The molecule has 0 saturated carbocycles. The zero-order chi connectivity index (χ0) is 20.5. The zero-order valence-corrected chi connectivity index (χ0v) is 16.1. The molecule has 150 valence electrons. The molecular weight excluding hydrogens is 352 g/mol. The van der Waals surface area contributed by atoms with Crippen molar-refractivity contribution in [3.05, 3.63) is 35.5 Å².